The zero-order chi connectivity index (χ0) is 11.5. The van der Waals surface area contributed by atoms with Gasteiger partial charge in [-0.1, -0.05) is 37.3 Å². The van der Waals surface area contributed by atoms with Gasteiger partial charge in [0.15, 0.2) is 5.82 Å². The van der Waals surface area contributed by atoms with Crippen LogP contribution < -0.4 is 0 Å². The van der Waals surface area contributed by atoms with Crippen molar-refractivity contribution in [2.75, 3.05) is 0 Å². The van der Waals surface area contributed by atoms with Crippen LogP contribution in [0.3, 0.4) is 0 Å². The number of carbonyl (C=O) groups is 1. The fourth-order valence-corrected chi connectivity index (χ4v) is 1.69. The maximum atomic E-state index is 12.1. The maximum absolute atomic E-state index is 12.1. The van der Waals surface area contributed by atoms with Gasteiger partial charge in [-0.2, -0.15) is 0 Å². The molecule has 1 aromatic carbocycles. The lowest BCUT2D eigenvalue weighted by atomic mass is 9.96. The molecular weight excluding hydrogens is 200 g/mol. The van der Waals surface area contributed by atoms with Crippen LogP contribution in [0.25, 0.3) is 0 Å². The first-order valence-corrected chi connectivity index (χ1v) is 5.26. The lowest BCUT2D eigenvalue weighted by molar-refractivity contribution is 0.0953. The third-order valence-corrected chi connectivity index (χ3v) is 2.73. The highest BCUT2D eigenvalue weighted by molar-refractivity contribution is 5.97. The Bertz CT molecular complexity index is 488. The first-order chi connectivity index (χ1) is 7.70. The molecule has 0 N–H and O–H groups in total. The monoisotopic (exact) mass is 214 g/mol. The van der Waals surface area contributed by atoms with Crippen LogP contribution in [0.15, 0.2) is 42.7 Å². The average Bonchev–Trinajstić information content (AvgIpc) is 2.75. The van der Waals surface area contributed by atoms with Crippen LogP contribution in [0.4, 0.5) is 0 Å². The molecule has 3 heteroatoms. The molecule has 2 rings (SSSR count). The third kappa shape index (κ3) is 1.89. The second kappa shape index (κ2) is 4.31. The second-order valence-corrected chi connectivity index (χ2v) is 3.86. The number of nitrogens with zero attached hydrogens (tertiary/aromatic N) is 2. The predicted molar refractivity (Wildman–Crippen MR) is 62.4 cm³/mol. The van der Waals surface area contributed by atoms with Crippen LogP contribution in [-0.4, -0.2) is 15.3 Å². The fourth-order valence-electron chi connectivity index (χ4n) is 1.69. The van der Waals surface area contributed by atoms with E-state index >= 15 is 0 Å². The summed E-state index contributed by atoms with van der Waals surface area (Å²) in [7, 11) is 1.83. The summed E-state index contributed by atoms with van der Waals surface area (Å²) < 4.78 is 1.75. The van der Waals surface area contributed by atoms with Crippen molar-refractivity contribution < 1.29 is 4.79 Å². The molecule has 0 amide bonds. The van der Waals surface area contributed by atoms with Gasteiger partial charge in [0.1, 0.15) is 0 Å². The number of benzene rings is 1. The van der Waals surface area contributed by atoms with Crippen LogP contribution in [0, 0.1) is 0 Å². The molecule has 2 aromatic rings. The molecule has 0 fully saturated rings. The number of aromatic nitrogens is 2. The first kappa shape index (κ1) is 10.6. The summed E-state index contributed by atoms with van der Waals surface area (Å²) in [5.41, 5.74) is 1.02. The molecule has 0 spiro atoms. The summed E-state index contributed by atoms with van der Waals surface area (Å²) >= 11 is 0. The third-order valence-electron chi connectivity index (χ3n) is 2.73. The minimum absolute atomic E-state index is 0.0544. The molecule has 16 heavy (non-hydrogen) atoms. The average molecular weight is 214 g/mol. The molecule has 1 atom stereocenters. The smallest absolute Gasteiger partial charge is 0.205 e. The van der Waals surface area contributed by atoms with Crippen molar-refractivity contribution in [2.45, 2.75) is 12.8 Å². The van der Waals surface area contributed by atoms with Crippen molar-refractivity contribution >= 4 is 5.78 Å². The van der Waals surface area contributed by atoms with Crippen LogP contribution in [0.1, 0.15) is 29.0 Å². The van der Waals surface area contributed by atoms with E-state index in [1.807, 2.05) is 44.3 Å². The number of Topliss-reactive ketones (excluding diaryl/α,β-unsaturated/α-hetero) is 1. The molecule has 0 aliphatic heterocycles. The Labute approximate surface area is 94.7 Å². The Kier molecular flexibility index (Phi) is 2.86. The number of rotatable bonds is 3. The van der Waals surface area contributed by atoms with E-state index in [0.29, 0.717) is 5.82 Å². The van der Waals surface area contributed by atoms with Crippen LogP contribution in [0.5, 0.6) is 0 Å². The van der Waals surface area contributed by atoms with Crippen LogP contribution in [-0.2, 0) is 7.05 Å². The van der Waals surface area contributed by atoms with Crippen molar-refractivity contribution in [1.82, 2.24) is 9.55 Å². The number of carbonyl (C=O) groups excluding carboxylic acids is 1. The summed E-state index contributed by atoms with van der Waals surface area (Å²) in [6.07, 6.45) is 3.43. The molecule has 0 aliphatic carbocycles. The van der Waals surface area contributed by atoms with E-state index in [-0.39, 0.29) is 11.7 Å². The highest BCUT2D eigenvalue weighted by Gasteiger charge is 2.20. The molecule has 0 saturated carbocycles. The van der Waals surface area contributed by atoms with E-state index in [1.54, 1.807) is 17.0 Å². The van der Waals surface area contributed by atoms with Crippen molar-refractivity contribution in [3.8, 4) is 0 Å². The van der Waals surface area contributed by atoms with Gasteiger partial charge in [0.2, 0.25) is 5.78 Å². The molecular formula is C13H14N2O. The van der Waals surface area contributed by atoms with E-state index in [2.05, 4.69) is 4.98 Å². The number of hydrogen-bond donors (Lipinski definition) is 0. The highest BCUT2D eigenvalue weighted by Crippen LogP contribution is 2.18. The minimum atomic E-state index is -0.151. The number of imidazole rings is 1. The quantitative estimate of drug-likeness (QED) is 0.735. The summed E-state index contributed by atoms with van der Waals surface area (Å²) in [5.74, 6) is 0.414. The van der Waals surface area contributed by atoms with Crippen molar-refractivity contribution in [3.05, 3.63) is 54.1 Å². The largest absolute Gasteiger partial charge is 0.332 e. The van der Waals surface area contributed by atoms with E-state index in [0.717, 1.165) is 5.56 Å². The molecule has 0 radical (unpaired) electrons. The summed E-state index contributed by atoms with van der Waals surface area (Å²) in [4.78, 5) is 16.2. The van der Waals surface area contributed by atoms with Crippen LogP contribution >= 0.6 is 0 Å². The van der Waals surface area contributed by atoms with E-state index in [9.17, 15) is 4.79 Å². The predicted octanol–water partition coefficient (Wildman–Crippen LogP) is 2.41. The van der Waals surface area contributed by atoms with Gasteiger partial charge in [-0.15, -0.1) is 0 Å². The minimum Gasteiger partial charge on any atom is -0.332 e. The molecule has 82 valence electrons. The van der Waals surface area contributed by atoms with Gasteiger partial charge < -0.3 is 4.57 Å². The fraction of sp³-hybridized carbons (Fsp3) is 0.231. The van der Waals surface area contributed by atoms with Gasteiger partial charge in [-0.3, -0.25) is 4.79 Å². The maximum Gasteiger partial charge on any atom is 0.205 e. The number of hydrogen-bond acceptors (Lipinski definition) is 2. The second-order valence-electron chi connectivity index (χ2n) is 3.86. The summed E-state index contributed by atoms with van der Waals surface area (Å²) in [6.45, 7) is 1.91. The van der Waals surface area contributed by atoms with E-state index in [4.69, 9.17) is 0 Å². The molecule has 0 aliphatic rings. The van der Waals surface area contributed by atoms with Crippen molar-refractivity contribution in [3.63, 3.8) is 0 Å². The number of ketones is 1. The van der Waals surface area contributed by atoms with E-state index in [1.165, 1.54) is 0 Å². The Balaban J connectivity index is 2.27. The van der Waals surface area contributed by atoms with Crippen LogP contribution in [0.2, 0.25) is 0 Å². The summed E-state index contributed by atoms with van der Waals surface area (Å²) in [6, 6.07) is 9.76. The molecule has 1 unspecified atom stereocenters. The zero-order valence-corrected chi connectivity index (χ0v) is 9.42. The van der Waals surface area contributed by atoms with Gasteiger partial charge in [-0.05, 0) is 5.56 Å². The molecule has 3 nitrogen and oxygen atoms in total. The van der Waals surface area contributed by atoms with Gasteiger partial charge in [0.25, 0.3) is 0 Å². The molecule has 0 saturated heterocycles. The number of aryl methyl sites for hydroxylation is 1. The van der Waals surface area contributed by atoms with Crippen molar-refractivity contribution in [2.24, 2.45) is 7.05 Å². The van der Waals surface area contributed by atoms with Gasteiger partial charge in [0.05, 0.1) is 0 Å². The lowest BCUT2D eigenvalue weighted by Crippen LogP contribution is -2.14. The van der Waals surface area contributed by atoms with E-state index < -0.39 is 0 Å². The summed E-state index contributed by atoms with van der Waals surface area (Å²) in [5, 5.41) is 0. The topological polar surface area (TPSA) is 34.9 Å². The molecule has 1 heterocycles. The standard InChI is InChI=1S/C13H14N2O/c1-10(11-6-4-3-5-7-11)12(16)13-14-8-9-15(13)2/h3-10H,1-2H3. The Hall–Kier alpha value is -1.90. The van der Waals surface area contributed by atoms with Gasteiger partial charge >= 0.3 is 0 Å². The lowest BCUT2D eigenvalue weighted by Gasteiger charge is -2.10. The SMILES string of the molecule is CC(C(=O)c1nccn1C)c1ccccc1. The zero-order valence-electron chi connectivity index (χ0n) is 9.42. The van der Waals surface area contributed by atoms with Crippen molar-refractivity contribution in [1.29, 1.82) is 0 Å². The Morgan fingerprint density at radius 3 is 2.56 bits per heavy atom. The Morgan fingerprint density at radius 2 is 2.00 bits per heavy atom. The van der Waals surface area contributed by atoms with Gasteiger partial charge in [0, 0.05) is 25.4 Å². The molecule has 1 aromatic heterocycles. The molecule has 0 bridgehead atoms. The normalized spacial score (nSPS) is 12.4. The Morgan fingerprint density at radius 1 is 1.31 bits per heavy atom. The van der Waals surface area contributed by atoms with Gasteiger partial charge in [-0.25, -0.2) is 4.98 Å². The first-order valence-electron chi connectivity index (χ1n) is 5.26. The highest BCUT2D eigenvalue weighted by atomic mass is 16.1.